The number of fused-ring (bicyclic) bond motifs is 1. The van der Waals surface area contributed by atoms with Gasteiger partial charge in [0, 0.05) is 30.6 Å². The molecule has 2 heterocycles. The van der Waals surface area contributed by atoms with Crippen LogP contribution < -0.4 is 20.5 Å². The minimum Gasteiger partial charge on any atom is -0.493 e. The van der Waals surface area contributed by atoms with Gasteiger partial charge in [-0.1, -0.05) is 6.42 Å². The molecule has 2 aromatic rings. The van der Waals surface area contributed by atoms with Crippen LogP contribution in [0.25, 0.3) is 10.9 Å². The van der Waals surface area contributed by atoms with Crippen LogP contribution in [0.2, 0.25) is 0 Å². The van der Waals surface area contributed by atoms with E-state index in [1.54, 1.807) is 26.4 Å². The van der Waals surface area contributed by atoms with Gasteiger partial charge in [0.05, 0.1) is 26.3 Å². The van der Waals surface area contributed by atoms with Crippen LogP contribution in [0.1, 0.15) is 19.3 Å². The Morgan fingerprint density at radius 3 is 2.73 bits per heavy atom. The van der Waals surface area contributed by atoms with E-state index < -0.39 is 0 Å². The van der Waals surface area contributed by atoms with E-state index in [-0.39, 0.29) is 12.6 Å². The van der Waals surface area contributed by atoms with Gasteiger partial charge >= 0.3 is 0 Å². The molecule has 1 atom stereocenters. The summed E-state index contributed by atoms with van der Waals surface area (Å²) in [5, 5.41) is 13.5. The zero-order chi connectivity index (χ0) is 18.5. The van der Waals surface area contributed by atoms with Crippen molar-refractivity contribution in [2.75, 3.05) is 51.5 Å². The van der Waals surface area contributed by atoms with Gasteiger partial charge in [0.2, 0.25) is 5.95 Å². The van der Waals surface area contributed by atoms with Gasteiger partial charge in [0.25, 0.3) is 0 Å². The van der Waals surface area contributed by atoms with Gasteiger partial charge in [0.15, 0.2) is 11.5 Å². The third-order valence-corrected chi connectivity index (χ3v) is 4.87. The Hall–Kier alpha value is -2.32. The fourth-order valence-corrected chi connectivity index (χ4v) is 3.43. The molecule has 142 valence electrons. The molecule has 1 aromatic carbocycles. The smallest absolute Gasteiger partial charge is 0.225 e. The molecule has 1 saturated heterocycles. The number of aliphatic hydroxyl groups excluding tert-OH is 1. The van der Waals surface area contributed by atoms with Gasteiger partial charge in [-0.3, -0.25) is 4.90 Å². The Morgan fingerprint density at radius 2 is 2.00 bits per heavy atom. The molecule has 1 aliphatic rings. The molecule has 0 spiro atoms. The van der Waals surface area contributed by atoms with Crippen LogP contribution in [0.3, 0.4) is 0 Å². The van der Waals surface area contributed by atoms with E-state index in [2.05, 4.69) is 20.2 Å². The zero-order valence-electron chi connectivity index (χ0n) is 15.4. The molecule has 4 N–H and O–H groups in total. The lowest BCUT2D eigenvalue weighted by atomic mass is 10.0. The summed E-state index contributed by atoms with van der Waals surface area (Å²) in [7, 11) is 3.17. The van der Waals surface area contributed by atoms with Crippen molar-refractivity contribution in [2.45, 2.75) is 25.3 Å². The molecule has 0 radical (unpaired) electrons. The van der Waals surface area contributed by atoms with E-state index in [9.17, 15) is 5.11 Å². The van der Waals surface area contributed by atoms with E-state index in [4.69, 9.17) is 15.2 Å². The lowest BCUT2D eigenvalue weighted by Gasteiger charge is -2.34. The van der Waals surface area contributed by atoms with Crippen molar-refractivity contribution in [3.05, 3.63) is 12.1 Å². The Balaban J connectivity index is 1.72. The third-order valence-electron chi connectivity index (χ3n) is 4.87. The molecule has 1 unspecified atom stereocenters. The quantitative estimate of drug-likeness (QED) is 0.681. The van der Waals surface area contributed by atoms with Crippen LogP contribution in [0.5, 0.6) is 11.5 Å². The highest BCUT2D eigenvalue weighted by molar-refractivity contribution is 5.91. The topological polar surface area (TPSA) is 106 Å². The van der Waals surface area contributed by atoms with E-state index in [0.717, 1.165) is 24.9 Å². The number of nitrogens with zero attached hydrogens (tertiary/aromatic N) is 3. The normalized spacial score (nSPS) is 18.0. The van der Waals surface area contributed by atoms with Crippen LogP contribution in [-0.2, 0) is 0 Å². The number of hydrogen-bond donors (Lipinski definition) is 3. The lowest BCUT2D eigenvalue weighted by molar-refractivity contribution is 0.0940. The van der Waals surface area contributed by atoms with E-state index in [1.807, 2.05) is 0 Å². The average Bonchev–Trinajstić information content (AvgIpc) is 2.67. The Labute approximate surface area is 153 Å². The Morgan fingerprint density at radius 1 is 1.23 bits per heavy atom. The van der Waals surface area contributed by atoms with Crippen molar-refractivity contribution >= 4 is 22.7 Å². The summed E-state index contributed by atoms with van der Waals surface area (Å²) < 4.78 is 10.6. The number of piperidine rings is 1. The van der Waals surface area contributed by atoms with Crippen molar-refractivity contribution in [3.63, 3.8) is 0 Å². The third kappa shape index (κ3) is 3.91. The van der Waals surface area contributed by atoms with E-state index in [0.29, 0.717) is 35.3 Å². The summed E-state index contributed by atoms with van der Waals surface area (Å²) >= 11 is 0. The number of nitrogen functional groups attached to an aromatic ring is 1. The van der Waals surface area contributed by atoms with Crippen LogP contribution in [0, 0.1) is 0 Å². The first-order valence-electron chi connectivity index (χ1n) is 8.94. The highest BCUT2D eigenvalue weighted by Gasteiger charge is 2.21. The molecule has 3 rings (SSSR count). The lowest BCUT2D eigenvalue weighted by Crippen LogP contribution is -2.44. The zero-order valence-corrected chi connectivity index (χ0v) is 15.4. The first-order valence-corrected chi connectivity index (χ1v) is 8.94. The van der Waals surface area contributed by atoms with E-state index >= 15 is 0 Å². The second-order valence-corrected chi connectivity index (χ2v) is 6.45. The minimum absolute atomic E-state index is 0.209. The monoisotopic (exact) mass is 361 g/mol. The van der Waals surface area contributed by atoms with Crippen LogP contribution >= 0.6 is 0 Å². The Kier molecular flexibility index (Phi) is 5.95. The number of rotatable bonds is 7. The van der Waals surface area contributed by atoms with Gasteiger partial charge < -0.3 is 25.6 Å². The van der Waals surface area contributed by atoms with Gasteiger partial charge in [-0.25, -0.2) is 4.98 Å². The first kappa shape index (κ1) is 18.5. The number of nitrogens with one attached hydrogen (secondary N) is 1. The Bertz CT molecular complexity index is 755. The maximum atomic E-state index is 9.50. The molecule has 0 aliphatic carbocycles. The van der Waals surface area contributed by atoms with Crippen molar-refractivity contribution < 1.29 is 14.6 Å². The number of aromatic nitrogens is 2. The van der Waals surface area contributed by atoms with Crippen LogP contribution in [-0.4, -0.2) is 66.5 Å². The number of ether oxygens (including phenoxy) is 2. The molecule has 1 aromatic heterocycles. The molecule has 0 bridgehead atoms. The highest BCUT2D eigenvalue weighted by Crippen LogP contribution is 2.33. The van der Waals surface area contributed by atoms with Crippen molar-refractivity contribution in [2.24, 2.45) is 0 Å². The van der Waals surface area contributed by atoms with Crippen molar-refractivity contribution in [1.82, 2.24) is 14.9 Å². The SMILES string of the molecule is COc1cc2nc(NCCN3CCCCC3CO)nc(N)c2cc1OC. The van der Waals surface area contributed by atoms with Crippen molar-refractivity contribution in [1.29, 1.82) is 0 Å². The van der Waals surface area contributed by atoms with Crippen LogP contribution in [0.15, 0.2) is 12.1 Å². The fourth-order valence-electron chi connectivity index (χ4n) is 3.43. The summed E-state index contributed by atoms with van der Waals surface area (Å²) in [6.45, 7) is 2.75. The predicted octanol–water partition coefficient (Wildman–Crippen LogP) is 1.49. The maximum absolute atomic E-state index is 9.50. The molecule has 0 amide bonds. The maximum Gasteiger partial charge on any atom is 0.225 e. The standard InChI is InChI=1S/C18H27N5O3/c1-25-15-9-13-14(10-16(15)26-2)21-18(22-17(13)19)20-6-8-23-7-4-3-5-12(23)11-24/h9-10,12,24H,3-8,11H2,1-2H3,(H3,19,20,21,22). The van der Waals surface area contributed by atoms with Crippen molar-refractivity contribution in [3.8, 4) is 11.5 Å². The number of aliphatic hydroxyl groups is 1. The van der Waals surface area contributed by atoms with Crippen LogP contribution in [0.4, 0.5) is 11.8 Å². The minimum atomic E-state index is 0.209. The predicted molar refractivity (Wildman–Crippen MR) is 102 cm³/mol. The highest BCUT2D eigenvalue weighted by atomic mass is 16.5. The van der Waals surface area contributed by atoms with Gasteiger partial charge in [-0.05, 0) is 25.5 Å². The molecule has 0 saturated carbocycles. The summed E-state index contributed by atoms with van der Waals surface area (Å²) in [6, 6.07) is 3.83. The number of nitrogens with two attached hydrogens (primary N) is 1. The number of benzene rings is 1. The molecule has 26 heavy (non-hydrogen) atoms. The summed E-state index contributed by atoms with van der Waals surface area (Å²) in [4.78, 5) is 11.2. The molecule has 8 heteroatoms. The second kappa shape index (κ2) is 8.37. The number of hydrogen-bond acceptors (Lipinski definition) is 8. The molecular weight excluding hydrogens is 334 g/mol. The van der Waals surface area contributed by atoms with Gasteiger partial charge in [-0.2, -0.15) is 4.98 Å². The van der Waals surface area contributed by atoms with Gasteiger partial charge in [0.1, 0.15) is 5.82 Å². The molecule has 8 nitrogen and oxygen atoms in total. The summed E-state index contributed by atoms with van der Waals surface area (Å²) in [6.07, 6.45) is 3.42. The van der Waals surface area contributed by atoms with Gasteiger partial charge in [-0.15, -0.1) is 0 Å². The second-order valence-electron chi connectivity index (χ2n) is 6.45. The fraction of sp³-hybridized carbons (Fsp3) is 0.556. The number of anilines is 2. The summed E-state index contributed by atoms with van der Waals surface area (Å²) in [5.74, 6) is 2.07. The number of methoxy groups -OCH3 is 2. The first-order chi connectivity index (χ1) is 12.7. The largest absolute Gasteiger partial charge is 0.493 e. The molecular formula is C18H27N5O3. The molecule has 1 aliphatic heterocycles. The number of likely N-dealkylation sites (tertiary alicyclic amines) is 1. The molecule has 1 fully saturated rings. The van der Waals surface area contributed by atoms with E-state index in [1.165, 1.54) is 12.8 Å². The average molecular weight is 361 g/mol. The summed E-state index contributed by atoms with van der Waals surface area (Å²) in [5.41, 5.74) is 6.80.